The second-order valence-corrected chi connectivity index (χ2v) is 6.39. The molecule has 122 valence electrons. The van der Waals surface area contributed by atoms with Crippen LogP contribution in [0.1, 0.15) is 32.8 Å². The molecule has 0 atom stereocenters. The quantitative estimate of drug-likeness (QED) is 0.840. The molecular weight excluding hydrogens is 280 g/mol. The van der Waals surface area contributed by atoms with E-state index in [2.05, 4.69) is 0 Å². The third-order valence-corrected chi connectivity index (χ3v) is 3.05. The first-order valence-electron chi connectivity index (χ1n) is 7.41. The van der Waals surface area contributed by atoms with Gasteiger partial charge in [0.05, 0.1) is 0 Å². The molecule has 0 aliphatic rings. The Morgan fingerprint density at radius 3 is 2.18 bits per heavy atom. The Morgan fingerprint density at radius 2 is 1.64 bits per heavy atom. The summed E-state index contributed by atoms with van der Waals surface area (Å²) in [6.45, 7) is 6.36. The molecule has 0 spiro atoms. The molecule has 5 heteroatoms. The number of amides is 2. The summed E-state index contributed by atoms with van der Waals surface area (Å²) in [5.41, 5.74) is 0.554. The molecule has 2 amide bonds. The van der Waals surface area contributed by atoms with E-state index >= 15 is 0 Å². The predicted molar refractivity (Wildman–Crippen MR) is 86.4 cm³/mol. The highest BCUT2D eigenvalue weighted by atomic mass is 16.6. The summed E-state index contributed by atoms with van der Waals surface area (Å²) in [5, 5.41) is 0. The molecule has 0 saturated heterocycles. The molecular formula is C17H26N2O3. The van der Waals surface area contributed by atoms with Crippen molar-refractivity contribution in [2.24, 2.45) is 0 Å². The van der Waals surface area contributed by atoms with Crippen LogP contribution in [-0.2, 0) is 16.1 Å². The number of benzene rings is 1. The molecule has 0 radical (unpaired) electrons. The normalized spacial score (nSPS) is 11.0. The van der Waals surface area contributed by atoms with Gasteiger partial charge in [-0.2, -0.15) is 0 Å². The van der Waals surface area contributed by atoms with Crippen molar-refractivity contribution in [3.05, 3.63) is 35.9 Å². The number of hydrogen-bond acceptors (Lipinski definition) is 3. The number of ether oxygens (including phenoxy) is 1. The van der Waals surface area contributed by atoms with Crippen LogP contribution in [0.3, 0.4) is 0 Å². The first-order valence-corrected chi connectivity index (χ1v) is 7.41. The number of carbonyl (C=O) groups is 2. The third kappa shape index (κ3) is 6.61. The van der Waals surface area contributed by atoms with Gasteiger partial charge in [0, 0.05) is 33.6 Å². The van der Waals surface area contributed by atoms with Gasteiger partial charge in [0.15, 0.2) is 0 Å². The minimum absolute atomic E-state index is 0.000684. The number of rotatable bonds is 5. The Balaban J connectivity index is 2.40. The van der Waals surface area contributed by atoms with Gasteiger partial charge in [-0.1, -0.05) is 30.3 Å². The molecule has 0 aromatic heterocycles. The van der Waals surface area contributed by atoms with Gasteiger partial charge in [-0.3, -0.25) is 4.79 Å². The molecule has 5 nitrogen and oxygen atoms in total. The molecule has 0 aliphatic carbocycles. The Hall–Kier alpha value is -2.04. The van der Waals surface area contributed by atoms with Gasteiger partial charge >= 0.3 is 6.09 Å². The fourth-order valence-electron chi connectivity index (χ4n) is 1.83. The summed E-state index contributed by atoms with van der Waals surface area (Å²) in [4.78, 5) is 27.0. The van der Waals surface area contributed by atoms with Crippen molar-refractivity contribution in [1.29, 1.82) is 0 Å². The van der Waals surface area contributed by atoms with E-state index in [1.807, 2.05) is 51.1 Å². The van der Waals surface area contributed by atoms with E-state index in [4.69, 9.17) is 4.74 Å². The standard InChI is InChI=1S/C17H26N2O3/c1-17(2,3)22-16(21)18(4)12-11-15(20)19(5)13-14-9-7-6-8-10-14/h6-10H,11-13H2,1-5H3. The average molecular weight is 306 g/mol. The van der Waals surface area contributed by atoms with Gasteiger partial charge in [0.2, 0.25) is 5.91 Å². The van der Waals surface area contributed by atoms with E-state index in [1.165, 1.54) is 4.90 Å². The van der Waals surface area contributed by atoms with Crippen molar-refractivity contribution in [2.75, 3.05) is 20.6 Å². The van der Waals surface area contributed by atoms with Crippen LogP contribution < -0.4 is 0 Å². The second-order valence-electron chi connectivity index (χ2n) is 6.39. The van der Waals surface area contributed by atoms with E-state index in [-0.39, 0.29) is 12.3 Å². The van der Waals surface area contributed by atoms with Crippen molar-refractivity contribution in [3.63, 3.8) is 0 Å². The first kappa shape index (κ1) is 18.0. The van der Waals surface area contributed by atoms with Crippen molar-refractivity contribution in [1.82, 2.24) is 9.80 Å². The van der Waals surface area contributed by atoms with E-state index in [0.717, 1.165) is 5.56 Å². The lowest BCUT2D eigenvalue weighted by Gasteiger charge is -2.25. The summed E-state index contributed by atoms with van der Waals surface area (Å²) < 4.78 is 5.25. The van der Waals surface area contributed by atoms with Crippen molar-refractivity contribution >= 4 is 12.0 Å². The highest BCUT2D eigenvalue weighted by Crippen LogP contribution is 2.10. The number of hydrogen-bond donors (Lipinski definition) is 0. The van der Waals surface area contributed by atoms with Gasteiger partial charge in [-0.25, -0.2) is 4.79 Å². The van der Waals surface area contributed by atoms with Gasteiger partial charge in [-0.15, -0.1) is 0 Å². The lowest BCUT2D eigenvalue weighted by atomic mass is 10.2. The molecule has 1 rings (SSSR count). The van der Waals surface area contributed by atoms with Crippen LogP contribution in [-0.4, -0.2) is 48.0 Å². The Labute approximate surface area is 132 Å². The fourth-order valence-corrected chi connectivity index (χ4v) is 1.83. The molecule has 0 unspecified atom stereocenters. The summed E-state index contributed by atoms with van der Waals surface area (Å²) in [5.74, 6) is -0.000684. The molecule has 0 saturated carbocycles. The maximum Gasteiger partial charge on any atom is 0.410 e. The number of nitrogens with zero attached hydrogens (tertiary/aromatic N) is 2. The zero-order chi connectivity index (χ0) is 16.8. The summed E-state index contributed by atoms with van der Waals surface area (Å²) >= 11 is 0. The molecule has 1 aromatic carbocycles. The van der Waals surface area contributed by atoms with E-state index in [0.29, 0.717) is 13.1 Å². The summed E-state index contributed by atoms with van der Waals surface area (Å²) in [7, 11) is 3.40. The zero-order valence-electron chi connectivity index (χ0n) is 14.1. The van der Waals surface area contributed by atoms with Gasteiger partial charge in [0.1, 0.15) is 5.60 Å². The van der Waals surface area contributed by atoms with E-state index in [1.54, 1.807) is 19.0 Å². The Bertz CT molecular complexity index is 494. The van der Waals surface area contributed by atoms with Crippen LogP contribution >= 0.6 is 0 Å². The predicted octanol–water partition coefficient (Wildman–Crippen LogP) is 2.90. The van der Waals surface area contributed by atoms with Crippen LogP contribution in [0.5, 0.6) is 0 Å². The molecule has 1 aromatic rings. The van der Waals surface area contributed by atoms with E-state index in [9.17, 15) is 9.59 Å². The van der Waals surface area contributed by atoms with Gasteiger partial charge < -0.3 is 14.5 Å². The maximum absolute atomic E-state index is 12.1. The first-order chi connectivity index (χ1) is 10.2. The molecule has 0 bridgehead atoms. The van der Waals surface area contributed by atoms with Crippen LogP contribution in [0.2, 0.25) is 0 Å². The molecule has 22 heavy (non-hydrogen) atoms. The zero-order valence-corrected chi connectivity index (χ0v) is 14.1. The fraction of sp³-hybridized carbons (Fsp3) is 0.529. The Morgan fingerprint density at radius 1 is 1.05 bits per heavy atom. The van der Waals surface area contributed by atoms with Crippen LogP contribution in [0.4, 0.5) is 4.79 Å². The lowest BCUT2D eigenvalue weighted by molar-refractivity contribution is -0.130. The highest BCUT2D eigenvalue weighted by Gasteiger charge is 2.20. The monoisotopic (exact) mass is 306 g/mol. The number of carbonyl (C=O) groups excluding carboxylic acids is 2. The van der Waals surface area contributed by atoms with Crippen molar-refractivity contribution < 1.29 is 14.3 Å². The highest BCUT2D eigenvalue weighted by molar-refractivity contribution is 5.77. The van der Waals surface area contributed by atoms with Gasteiger partial charge in [0.25, 0.3) is 0 Å². The smallest absolute Gasteiger partial charge is 0.410 e. The SMILES string of the molecule is CN(Cc1ccccc1)C(=O)CCN(C)C(=O)OC(C)(C)C. The van der Waals surface area contributed by atoms with Crippen molar-refractivity contribution in [3.8, 4) is 0 Å². The van der Waals surface area contributed by atoms with Crippen LogP contribution in [0.25, 0.3) is 0 Å². The third-order valence-electron chi connectivity index (χ3n) is 3.05. The van der Waals surface area contributed by atoms with Crippen molar-refractivity contribution in [2.45, 2.75) is 39.3 Å². The second kappa shape index (κ2) is 7.82. The summed E-state index contributed by atoms with van der Waals surface area (Å²) in [6.07, 6.45) is -0.134. The topological polar surface area (TPSA) is 49.9 Å². The van der Waals surface area contributed by atoms with Gasteiger partial charge in [-0.05, 0) is 26.3 Å². The largest absolute Gasteiger partial charge is 0.444 e. The lowest BCUT2D eigenvalue weighted by Crippen LogP contribution is -2.37. The molecule has 0 aliphatic heterocycles. The van der Waals surface area contributed by atoms with Crippen LogP contribution in [0.15, 0.2) is 30.3 Å². The molecule has 0 heterocycles. The Kier molecular flexibility index (Phi) is 6.40. The van der Waals surface area contributed by atoms with Crippen LogP contribution in [0, 0.1) is 0 Å². The minimum atomic E-state index is -0.528. The molecule has 0 fully saturated rings. The average Bonchev–Trinajstić information content (AvgIpc) is 2.43. The minimum Gasteiger partial charge on any atom is -0.444 e. The molecule has 0 N–H and O–H groups in total. The van der Waals surface area contributed by atoms with E-state index < -0.39 is 11.7 Å². The maximum atomic E-state index is 12.1. The summed E-state index contributed by atoms with van der Waals surface area (Å²) in [6, 6.07) is 9.81.